The van der Waals surface area contributed by atoms with Gasteiger partial charge in [-0.15, -0.1) is 0 Å². The number of nitro groups is 2. The van der Waals surface area contributed by atoms with E-state index in [2.05, 4.69) is 15.9 Å². The van der Waals surface area contributed by atoms with Crippen LogP contribution in [-0.4, -0.2) is 50.4 Å². The van der Waals surface area contributed by atoms with Crippen molar-refractivity contribution in [3.63, 3.8) is 0 Å². The molecule has 6 atom stereocenters. The van der Waals surface area contributed by atoms with Crippen LogP contribution in [0.25, 0.3) is 0 Å². The molecule has 2 bridgehead atoms. The Balaban J connectivity index is 1.61. The first kappa shape index (κ1) is 29.3. The molecule has 3 aliphatic carbocycles. The number of ether oxygens (including phenoxy) is 1. The maximum absolute atomic E-state index is 14.4. The minimum absolute atomic E-state index is 0.0619. The molecule has 0 radical (unpaired) electrons. The number of halogens is 1. The Bertz CT molecular complexity index is 1680. The predicted octanol–water partition coefficient (Wildman–Crippen LogP) is 3.46. The second-order valence-corrected chi connectivity index (χ2v) is 12.5. The maximum Gasteiger partial charge on any atom is 0.334 e. The number of imide groups is 2. The average molecular weight is 667 g/mol. The fraction of sp³-hybridized carbons (Fsp3) is 0.345. The van der Waals surface area contributed by atoms with E-state index in [4.69, 9.17) is 4.74 Å². The molecule has 0 aromatic heterocycles. The van der Waals surface area contributed by atoms with E-state index >= 15 is 0 Å². The highest BCUT2D eigenvalue weighted by atomic mass is 79.9. The number of carbonyl (C=O) groups excluding carboxylic acids is 5. The van der Waals surface area contributed by atoms with Crippen LogP contribution in [-0.2, 0) is 28.7 Å². The minimum atomic E-state index is -1.82. The summed E-state index contributed by atoms with van der Waals surface area (Å²) in [7, 11) is 0. The van der Waals surface area contributed by atoms with Gasteiger partial charge in [0, 0.05) is 23.1 Å². The standard InChI is InChI=1S/C29H23BrN4O10/c1-4-44-27(39)18-13(2)29(30)21-19(23(35)31(25(21)37)14-9-5-7-11-16(14)33(40)41)28(18,3)20-22(29)26(38)32(24(20)36)15-10-6-8-12-17(15)34(42)43/h5-12,19-22H,4H2,1-3H3/t19-,20-,21-,22+,28?,29?/m1/s1. The fourth-order valence-electron chi connectivity index (χ4n) is 7.82. The van der Waals surface area contributed by atoms with Crippen molar-refractivity contribution < 1.29 is 38.6 Å². The number of hydrogen-bond acceptors (Lipinski definition) is 10. The van der Waals surface area contributed by atoms with Crippen LogP contribution in [0.5, 0.6) is 0 Å². The number of para-hydroxylation sites is 4. The van der Waals surface area contributed by atoms with Crippen LogP contribution in [0, 0.1) is 49.3 Å². The molecule has 3 fully saturated rings. The number of hydrogen-bond donors (Lipinski definition) is 0. The fourth-order valence-corrected chi connectivity index (χ4v) is 8.94. The topological polar surface area (TPSA) is 187 Å². The van der Waals surface area contributed by atoms with Gasteiger partial charge in [-0.2, -0.15) is 0 Å². The second kappa shape index (κ2) is 9.61. The third-order valence-electron chi connectivity index (χ3n) is 9.42. The summed E-state index contributed by atoms with van der Waals surface area (Å²) in [4.78, 5) is 94.5. The van der Waals surface area contributed by atoms with Crippen LogP contribution in [0.2, 0.25) is 0 Å². The van der Waals surface area contributed by atoms with Crippen molar-refractivity contribution in [1.82, 2.24) is 0 Å². The number of nitro benzene ring substituents is 2. The molecular weight excluding hydrogens is 644 g/mol. The summed E-state index contributed by atoms with van der Waals surface area (Å²) < 4.78 is 3.54. The van der Waals surface area contributed by atoms with E-state index in [1.165, 1.54) is 50.2 Å². The summed E-state index contributed by atoms with van der Waals surface area (Å²) in [6.07, 6.45) is 0. The summed E-state index contributed by atoms with van der Waals surface area (Å²) in [6, 6.07) is 10.4. The number of amides is 4. The van der Waals surface area contributed by atoms with Crippen LogP contribution in [0.1, 0.15) is 20.8 Å². The summed E-state index contributed by atoms with van der Waals surface area (Å²) in [5.41, 5.74) is -3.32. The first-order chi connectivity index (χ1) is 20.8. The van der Waals surface area contributed by atoms with E-state index in [0.717, 1.165) is 12.1 Å². The lowest BCUT2D eigenvalue weighted by atomic mass is 9.43. The number of allylic oxidation sites excluding steroid dienone is 1. The largest absolute Gasteiger partial charge is 0.463 e. The average Bonchev–Trinajstić information content (AvgIpc) is 3.41. The molecule has 15 heteroatoms. The molecule has 7 rings (SSSR count). The van der Waals surface area contributed by atoms with Gasteiger partial charge in [-0.3, -0.25) is 39.4 Å². The highest BCUT2D eigenvalue weighted by Crippen LogP contribution is 2.73. The lowest BCUT2D eigenvalue weighted by Gasteiger charge is -2.59. The van der Waals surface area contributed by atoms with E-state index in [0.29, 0.717) is 9.80 Å². The Morgan fingerprint density at radius 2 is 1.20 bits per heavy atom. The molecule has 2 unspecified atom stereocenters. The van der Waals surface area contributed by atoms with Crippen LogP contribution in [0.4, 0.5) is 22.7 Å². The molecule has 14 nitrogen and oxygen atoms in total. The monoisotopic (exact) mass is 666 g/mol. The summed E-state index contributed by atoms with van der Waals surface area (Å²) in [5.74, 6) is -9.96. The van der Waals surface area contributed by atoms with Gasteiger partial charge in [-0.05, 0) is 31.6 Å². The Kier molecular flexibility index (Phi) is 6.39. The van der Waals surface area contributed by atoms with Crippen LogP contribution in [0.15, 0.2) is 59.7 Å². The molecule has 226 valence electrons. The zero-order valence-corrected chi connectivity index (χ0v) is 25.0. The van der Waals surface area contributed by atoms with Gasteiger partial charge in [0.15, 0.2) is 0 Å². The van der Waals surface area contributed by atoms with Crippen molar-refractivity contribution in [1.29, 1.82) is 0 Å². The minimum Gasteiger partial charge on any atom is -0.463 e. The molecule has 2 aromatic carbocycles. The molecule has 2 aromatic rings. The maximum atomic E-state index is 14.4. The highest BCUT2D eigenvalue weighted by molar-refractivity contribution is 9.10. The van der Waals surface area contributed by atoms with Crippen molar-refractivity contribution >= 4 is 68.3 Å². The Labute approximate surface area is 257 Å². The van der Waals surface area contributed by atoms with E-state index in [1.54, 1.807) is 6.92 Å². The van der Waals surface area contributed by atoms with Gasteiger partial charge in [-0.25, -0.2) is 14.6 Å². The van der Waals surface area contributed by atoms with Crippen molar-refractivity contribution in [3.05, 3.63) is 79.9 Å². The van der Waals surface area contributed by atoms with E-state index in [9.17, 15) is 44.2 Å². The first-order valence-corrected chi connectivity index (χ1v) is 14.4. The number of anilines is 2. The lowest BCUT2D eigenvalue weighted by molar-refractivity contribution is -0.384. The number of carbonyl (C=O) groups is 5. The molecule has 2 aliphatic heterocycles. The Hall–Kier alpha value is -4.79. The van der Waals surface area contributed by atoms with Crippen LogP contribution in [0.3, 0.4) is 0 Å². The zero-order valence-electron chi connectivity index (χ0n) is 23.4. The number of esters is 1. The van der Waals surface area contributed by atoms with Gasteiger partial charge < -0.3 is 4.74 Å². The van der Waals surface area contributed by atoms with Gasteiger partial charge in [0.2, 0.25) is 23.6 Å². The van der Waals surface area contributed by atoms with Crippen molar-refractivity contribution in [2.45, 2.75) is 25.1 Å². The molecular formula is C29H23BrN4O10. The summed E-state index contributed by atoms with van der Waals surface area (Å²) in [6.45, 7) is 4.44. The quantitative estimate of drug-likeness (QED) is 0.145. The molecule has 1 saturated carbocycles. The van der Waals surface area contributed by atoms with E-state index in [1.807, 2.05) is 0 Å². The molecule has 5 aliphatic rings. The summed E-state index contributed by atoms with van der Waals surface area (Å²) >= 11 is 3.59. The first-order valence-electron chi connectivity index (χ1n) is 13.6. The number of benzene rings is 2. The highest BCUT2D eigenvalue weighted by Gasteiger charge is 2.82. The van der Waals surface area contributed by atoms with Gasteiger partial charge >= 0.3 is 5.97 Å². The van der Waals surface area contributed by atoms with Crippen molar-refractivity contribution in [2.24, 2.45) is 29.1 Å². The van der Waals surface area contributed by atoms with E-state index in [-0.39, 0.29) is 29.1 Å². The second-order valence-electron chi connectivity index (χ2n) is 11.2. The molecule has 0 spiro atoms. The smallest absolute Gasteiger partial charge is 0.334 e. The normalized spacial score (nSPS) is 30.5. The lowest BCUT2D eigenvalue weighted by Crippen LogP contribution is -2.67. The molecule has 4 amide bonds. The zero-order chi connectivity index (χ0) is 32.0. The van der Waals surface area contributed by atoms with Crippen molar-refractivity contribution in [2.75, 3.05) is 16.4 Å². The third-order valence-corrected chi connectivity index (χ3v) is 11.0. The molecule has 44 heavy (non-hydrogen) atoms. The number of nitrogens with zero attached hydrogens (tertiary/aromatic N) is 4. The number of alkyl halides is 1. The molecule has 0 N–H and O–H groups in total. The molecule has 2 heterocycles. The van der Waals surface area contributed by atoms with Gasteiger partial charge in [0.25, 0.3) is 11.4 Å². The van der Waals surface area contributed by atoms with Crippen molar-refractivity contribution in [3.8, 4) is 0 Å². The van der Waals surface area contributed by atoms with Crippen LogP contribution < -0.4 is 9.80 Å². The summed E-state index contributed by atoms with van der Waals surface area (Å²) in [5, 5.41) is 23.7. The van der Waals surface area contributed by atoms with Gasteiger partial charge in [0.05, 0.1) is 44.4 Å². The third kappa shape index (κ3) is 3.38. The predicted molar refractivity (Wildman–Crippen MR) is 154 cm³/mol. The van der Waals surface area contributed by atoms with Gasteiger partial charge in [-0.1, -0.05) is 47.1 Å². The SMILES string of the molecule is CCOC(=O)C1=C(C)C2(Br)[C@@H]3C(=O)N(c4ccccc4[N+](=O)[O-])C(=O)[C@@H]3C1(C)[C@H]1C(=O)N(c3ccccc3[N+](=O)[O-])C(=O)[C@@H]12. The van der Waals surface area contributed by atoms with Gasteiger partial charge in [0.1, 0.15) is 11.4 Å². The van der Waals surface area contributed by atoms with Crippen LogP contribution >= 0.6 is 15.9 Å². The molecule has 2 saturated heterocycles. The number of rotatable bonds is 6. The van der Waals surface area contributed by atoms with E-state index < -0.39 is 84.2 Å². The Morgan fingerprint density at radius 3 is 1.59 bits per heavy atom. The Morgan fingerprint density at radius 1 is 0.818 bits per heavy atom.